The van der Waals surface area contributed by atoms with Gasteiger partial charge in [0.15, 0.2) is 5.69 Å². The van der Waals surface area contributed by atoms with E-state index < -0.39 is 23.0 Å². The van der Waals surface area contributed by atoms with E-state index in [1.54, 1.807) is 64.7 Å². The Labute approximate surface area is 216 Å². The average Bonchev–Trinajstić information content (AvgIpc) is 3.18. The van der Waals surface area contributed by atoms with E-state index in [4.69, 9.17) is 30.5 Å². The summed E-state index contributed by atoms with van der Waals surface area (Å²) in [7, 11) is 3.13. The first-order chi connectivity index (χ1) is 17.0. The molecular formula is C26H34ClN3O6. The summed E-state index contributed by atoms with van der Waals surface area (Å²) in [5.74, 6) is 1.27. The molecule has 1 aromatic carbocycles. The highest BCUT2D eigenvalue weighted by Gasteiger charge is 2.34. The second kappa shape index (κ2) is 11.2. The molecule has 0 aliphatic carbocycles. The molecular weight excluding hydrogens is 486 g/mol. The molecule has 1 aliphatic heterocycles. The number of allylic oxidation sites excluding steroid dienone is 1. The molecule has 0 bridgehead atoms. The molecule has 0 radical (unpaired) electrons. The molecule has 36 heavy (non-hydrogen) atoms. The van der Waals surface area contributed by atoms with Gasteiger partial charge in [-0.2, -0.15) is 0 Å². The van der Waals surface area contributed by atoms with Crippen molar-refractivity contribution in [1.82, 2.24) is 14.5 Å². The van der Waals surface area contributed by atoms with Crippen LogP contribution in [0.15, 0.2) is 23.9 Å². The number of hydrogen-bond acceptors (Lipinski definition) is 7. The first-order valence-electron chi connectivity index (χ1n) is 11.9. The zero-order valence-electron chi connectivity index (χ0n) is 21.9. The summed E-state index contributed by atoms with van der Waals surface area (Å²) in [6, 6.07) is 5.38. The topological polar surface area (TPSA) is 92.1 Å². The number of esters is 1. The summed E-state index contributed by atoms with van der Waals surface area (Å²) >= 11 is 6.84. The molecule has 0 N–H and O–H groups in total. The third-order valence-corrected chi connectivity index (χ3v) is 5.92. The minimum absolute atomic E-state index is 0.142. The Morgan fingerprint density at radius 3 is 2.50 bits per heavy atom. The molecule has 0 fully saturated rings. The van der Waals surface area contributed by atoms with E-state index in [1.165, 1.54) is 4.90 Å². The molecule has 0 saturated carbocycles. The normalized spacial score (nSPS) is 15.0. The molecule has 0 spiro atoms. The number of methoxy groups -OCH3 is 2. The SMILES string of the molecule is CCOC(=O)c1c(CC)nc2n1CC(Cl)C(N(Cc1ccc(OC)cc1OC)C(=O)OC(C)(C)C)=C2. The van der Waals surface area contributed by atoms with Gasteiger partial charge in [0.1, 0.15) is 22.9 Å². The molecule has 0 saturated heterocycles. The van der Waals surface area contributed by atoms with Gasteiger partial charge in [0.05, 0.1) is 38.4 Å². The van der Waals surface area contributed by atoms with Crippen molar-refractivity contribution in [2.24, 2.45) is 0 Å². The molecule has 2 heterocycles. The Morgan fingerprint density at radius 2 is 1.92 bits per heavy atom. The summed E-state index contributed by atoms with van der Waals surface area (Å²) in [4.78, 5) is 32.2. The smallest absolute Gasteiger partial charge is 0.414 e. The van der Waals surface area contributed by atoms with Gasteiger partial charge >= 0.3 is 12.1 Å². The van der Waals surface area contributed by atoms with Gasteiger partial charge in [-0.15, -0.1) is 11.6 Å². The van der Waals surface area contributed by atoms with Crippen LogP contribution in [0.5, 0.6) is 11.5 Å². The summed E-state index contributed by atoms with van der Waals surface area (Å²) < 4.78 is 23.6. The Kier molecular flexibility index (Phi) is 8.55. The van der Waals surface area contributed by atoms with Crippen LogP contribution in [0.1, 0.15) is 62.2 Å². The number of benzene rings is 1. The number of hydrogen-bond donors (Lipinski definition) is 0. The van der Waals surface area contributed by atoms with E-state index in [2.05, 4.69) is 4.98 Å². The number of rotatable bonds is 8. The van der Waals surface area contributed by atoms with Crippen LogP contribution in [-0.2, 0) is 29.0 Å². The lowest BCUT2D eigenvalue weighted by atomic mass is 10.1. The lowest BCUT2D eigenvalue weighted by Gasteiger charge is -2.33. The quantitative estimate of drug-likeness (QED) is 0.356. The molecule has 1 amide bonds. The number of carbonyl (C=O) groups excluding carboxylic acids is 2. The van der Waals surface area contributed by atoms with Crippen molar-refractivity contribution in [1.29, 1.82) is 0 Å². The first kappa shape index (κ1) is 27.4. The monoisotopic (exact) mass is 519 g/mol. The first-order valence-corrected chi connectivity index (χ1v) is 12.3. The predicted molar refractivity (Wildman–Crippen MR) is 137 cm³/mol. The Hall–Kier alpha value is -3.20. The van der Waals surface area contributed by atoms with Crippen molar-refractivity contribution in [3.8, 4) is 11.5 Å². The van der Waals surface area contributed by atoms with Crippen LogP contribution >= 0.6 is 11.6 Å². The van der Waals surface area contributed by atoms with Crippen LogP contribution in [0.4, 0.5) is 4.79 Å². The summed E-state index contributed by atoms with van der Waals surface area (Å²) in [5.41, 5.74) is 1.53. The molecule has 2 aromatic rings. The van der Waals surface area contributed by atoms with Gasteiger partial charge in [-0.1, -0.05) is 6.92 Å². The van der Waals surface area contributed by atoms with Crippen molar-refractivity contribution in [3.63, 3.8) is 0 Å². The maximum atomic E-state index is 13.4. The molecule has 1 aromatic heterocycles. The van der Waals surface area contributed by atoms with Crippen LogP contribution < -0.4 is 9.47 Å². The van der Waals surface area contributed by atoms with Crippen LogP contribution in [-0.4, -0.2) is 58.3 Å². The number of alkyl halides is 1. The minimum atomic E-state index is -0.721. The highest BCUT2D eigenvalue weighted by atomic mass is 35.5. The van der Waals surface area contributed by atoms with E-state index in [9.17, 15) is 9.59 Å². The van der Waals surface area contributed by atoms with E-state index in [-0.39, 0.29) is 19.7 Å². The standard InChI is InChI=1S/C26H34ClN3O6/c1-8-19-23(24(31)35-9-2)30-15-18(27)20(13-22(30)28-19)29(25(32)36-26(3,4)5)14-16-10-11-17(33-6)12-21(16)34-7/h10-13,18H,8-9,14-15H2,1-7H3. The summed E-state index contributed by atoms with van der Waals surface area (Å²) in [6.07, 6.45) is 1.71. The van der Waals surface area contributed by atoms with E-state index in [1.807, 2.05) is 13.0 Å². The number of imidazole rings is 1. The third kappa shape index (κ3) is 5.95. The van der Waals surface area contributed by atoms with Crippen molar-refractivity contribution in [2.75, 3.05) is 20.8 Å². The van der Waals surface area contributed by atoms with Gasteiger partial charge in [-0.25, -0.2) is 14.6 Å². The fraction of sp³-hybridized carbons (Fsp3) is 0.500. The van der Waals surface area contributed by atoms with Crippen molar-refractivity contribution < 1.29 is 28.5 Å². The average molecular weight is 520 g/mol. The van der Waals surface area contributed by atoms with Crippen LogP contribution in [0.3, 0.4) is 0 Å². The molecule has 1 unspecified atom stereocenters. The highest BCUT2D eigenvalue weighted by Crippen LogP contribution is 2.33. The van der Waals surface area contributed by atoms with E-state index >= 15 is 0 Å². The van der Waals surface area contributed by atoms with Crippen molar-refractivity contribution in [2.45, 2.75) is 65.1 Å². The Morgan fingerprint density at radius 1 is 1.19 bits per heavy atom. The molecule has 1 atom stereocenters. The predicted octanol–water partition coefficient (Wildman–Crippen LogP) is 5.04. The highest BCUT2D eigenvalue weighted by molar-refractivity contribution is 6.23. The lowest BCUT2D eigenvalue weighted by Crippen LogP contribution is -2.40. The van der Waals surface area contributed by atoms with Crippen molar-refractivity contribution in [3.05, 3.63) is 46.7 Å². The Bertz CT molecular complexity index is 1150. The van der Waals surface area contributed by atoms with Crippen LogP contribution in [0, 0.1) is 0 Å². The summed E-state index contributed by atoms with van der Waals surface area (Å²) in [6.45, 7) is 9.72. The van der Waals surface area contributed by atoms with Crippen LogP contribution in [0.2, 0.25) is 0 Å². The number of carbonyl (C=O) groups is 2. The number of fused-ring (bicyclic) bond motifs is 1. The largest absolute Gasteiger partial charge is 0.497 e. The molecule has 1 aliphatic rings. The maximum Gasteiger partial charge on any atom is 0.414 e. The zero-order valence-corrected chi connectivity index (χ0v) is 22.6. The maximum absolute atomic E-state index is 13.4. The molecule has 10 heteroatoms. The minimum Gasteiger partial charge on any atom is -0.497 e. The van der Waals surface area contributed by atoms with Gasteiger partial charge in [0, 0.05) is 29.9 Å². The van der Waals surface area contributed by atoms with E-state index in [0.717, 1.165) is 5.56 Å². The number of halogens is 1. The second-order valence-electron chi connectivity index (χ2n) is 9.23. The van der Waals surface area contributed by atoms with Crippen LogP contribution in [0.25, 0.3) is 6.08 Å². The fourth-order valence-electron chi connectivity index (χ4n) is 3.95. The van der Waals surface area contributed by atoms with Gasteiger partial charge in [-0.05, 0) is 46.2 Å². The second-order valence-corrected chi connectivity index (χ2v) is 9.76. The number of nitrogens with zero attached hydrogens (tertiary/aromatic N) is 3. The molecule has 3 rings (SSSR count). The lowest BCUT2D eigenvalue weighted by molar-refractivity contribution is 0.0292. The van der Waals surface area contributed by atoms with Gasteiger partial charge in [0.25, 0.3) is 0 Å². The zero-order chi connectivity index (χ0) is 26.6. The number of ether oxygens (including phenoxy) is 4. The van der Waals surface area contributed by atoms with Gasteiger partial charge in [0.2, 0.25) is 0 Å². The van der Waals surface area contributed by atoms with E-state index in [0.29, 0.717) is 40.8 Å². The summed E-state index contributed by atoms with van der Waals surface area (Å²) in [5, 5.41) is -0.638. The van der Waals surface area contributed by atoms with Gasteiger partial charge < -0.3 is 23.5 Å². The molecule has 9 nitrogen and oxygen atoms in total. The number of amides is 1. The fourth-order valence-corrected chi connectivity index (χ4v) is 4.26. The van der Waals surface area contributed by atoms with Crippen molar-refractivity contribution >= 4 is 29.7 Å². The third-order valence-electron chi connectivity index (χ3n) is 5.56. The van der Waals surface area contributed by atoms with Gasteiger partial charge in [-0.3, -0.25) is 4.90 Å². The number of aromatic nitrogens is 2. The number of aryl methyl sites for hydroxylation is 1. The Balaban J connectivity index is 2.09. The molecule has 196 valence electrons.